The third-order valence-corrected chi connectivity index (χ3v) is 6.00. The Balaban J connectivity index is 1.65. The molecule has 3 heterocycles. The molecule has 0 aromatic carbocycles. The van der Waals surface area contributed by atoms with Crippen LogP contribution in [0.3, 0.4) is 0 Å². The van der Waals surface area contributed by atoms with Crippen LogP contribution in [0, 0.1) is 5.92 Å². The Labute approximate surface area is 132 Å². The third-order valence-electron chi connectivity index (χ3n) is 4.98. The molecule has 21 heavy (non-hydrogen) atoms. The van der Waals surface area contributed by atoms with E-state index in [2.05, 4.69) is 12.2 Å². The number of hydrogen-bond acceptors (Lipinski definition) is 5. The Morgan fingerprint density at radius 3 is 3.00 bits per heavy atom. The summed E-state index contributed by atoms with van der Waals surface area (Å²) in [5, 5.41) is 3.78. The van der Waals surface area contributed by atoms with Crippen molar-refractivity contribution in [1.82, 2.24) is 5.32 Å². The number of nitrogens with one attached hydrogen (secondary N) is 1. The molecule has 0 bridgehead atoms. The molecule has 3 fully saturated rings. The van der Waals surface area contributed by atoms with Crippen molar-refractivity contribution in [3.8, 4) is 0 Å². The minimum absolute atomic E-state index is 0.00310. The molecule has 1 N–H and O–H groups in total. The van der Waals surface area contributed by atoms with Gasteiger partial charge in [0.2, 0.25) is 0 Å². The van der Waals surface area contributed by atoms with Crippen LogP contribution in [0.25, 0.3) is 0 Å². The van der Waals surface area contributed by atoms with E-state index in [1.54, 1.807) is 0 Å². The highest BCUT2D eigenvalue weighted by atomic mass is 32.2. The van der Waals surface area contributed by atoms with Crippen LogP contribution < -0.4 is 5.32 Å². The fraction of sp³-hybridized carbons (Fsp3) is 1.00. The Morgan fingerprint density at radius 1 is 1.33 bits per heavy atom. The van der Waals surface area contributed by atoms with Gasteiger partial charge in [-0.25, -0.2) is 0 Å². The van der Waals surface area contributed by atoms with Gasteiger partial charge in [-0.2, -0.15) is 11.8 Å². The second kappa shape index (κ2) is 7.64. The van der Waals surface area contributed by atoms with E-state index in [0.29, 0.717) is 18.1 Å². The first-order chi connectivity index (χ1) is 10.3. The molecule has 0 radical (unpaired) electrons. The summed E-state index contributed by atoms with van der Waals surface area (Å²) in [5.41, 5.74) is -0.00310. The SMILES string of the molecule is CCCNC(C1CCOC2(CCOC2)C1)C1CSCCO1. The highest BCUT2D eigenvalue weighted by molar-refractivity contribution is 7.99. The van der Waals surface area contributed by atoms with Gasteiger partial charge in [0.15, 0.2) is 0 Å². The zero-order chi connectivity index (χ0) is 14.5. The summed E-state index contributed by atoms with van der Waals surface area (Å²) in [7, 11) is 0. The number of rotatable bonds is 5. The molecule has 0 aromatic heterocycles. The van der Waals surface area contributed by atoms with Gasteiger partial charge in [-0.05, 0) is 31.7 Å². The lowest BCUT2D eigenvalue weighted by atomic mass is 9.79. The molecule has 122 valence electrons. The molecule has 0 saturated carbocycles. The molecule has 5 heteroatoms. The summed E-state index contributed by atoms with van der Waals surface area (Å²) in [4.78, 5) is 0. The van der Waals surface area contributed by atoms with Crippen LogP contribution in [0.2, 0.25) is 0 Å². The van der Waals surface area contributed by atoms with Crippen molar-refractivity contribution in [3.63, 3.8) is 0 Å². The summed E-state index contributed by atoms with van der Waals surface area (Å²) >= 11 is 2.03. The van der Waals surface area contributed by atoms with Gasteiger partial charge < -0.3 is 19.5 Å². The average molecular weight is 315 g/mol. The molecular formula is C16H29NO3S. The lowest BCUT2D eigenvalue weighted by Crippen LogP contribution is -2.54. The van der Waals surface area contributed by atoms with Crippen LogP contribution in [0.5, 0.6) is 0 Å². The van der Waals surface area contributed by atoms with Crippen molar-refractivity contribution >= 4 is 11.8 Å². The van der Waals surface area contributed by atoms with Gasteiger partial charge in [0.1, 0.15) is 0 Å². The third kappa shape index (κ3) is 3.94. The summed E-state index contributed by atoms with van der Waals surface area (Å²) in [6.07, 6.45) is 4.86. The largest absolute Gasteiger partial charge is 0.378 e. The van der Waals surface area contributed by atoms with E-state index in [1.807, 2.05) is 11.8 Å². The Morgan fingerprint density at radius 2 is 2.29 bits per heavy atom. The van der Waals surface area contributed by atoms with E-state index in [-0.39, 0.29) is 5.60 Å². The summed E-state index contributed by atoms with van der Waals surface area (Å²) in [5.74, 6) is 2.92. The average Bonchev–Trinajstić information content (AvgIpc) is 2.97. The summed E-state index contributed by atoms with van der Waals surface area (Å²) < 4.78 is 17.8. The minimum atomic E-state index is -0.00310. The highest BCUT2D eigenvalue weighted by Crippen LogP contribution is 2.38. The van der Waals surface area contributed by atoms with Gasteiger partial charge in [-0.15, -0.1) is 0 Å². The molecule has 0 amide bonds. The molecule has 4 unspecified atom stereocenters. The number of hydrogen-bond donors (Lipinski definition) is 1. The molecule has 1 spiro atoms. The molecule has 3 rings (SSSR count). The molecule has 4 atom stereocenters. The lowest BCUT2D eigenvalue weighted by molar-refractivity contribution is -0.111. The summed E-state index contributed by atoms with van der Waals surface area (Å²) in [6.45, 7) is 6.72. The normalized spacial score (nSPS) is 38.7. The van der Waals surface area contributed by atoms with Gasteiger partial charge in [-0.3, -0.25) is 0 Å². The zero-order valence-corrected chi connectivity index (χ0v) is 14.0. The van der Waals surface area contributed by atoms with Gasteiger partial charge in [-0.1, -0.05) is 6.92 Å². The molecule has 3 saturated heterocycles. The Kier molecular flexibility index (Phi) is 5.85. The number of ether oxygens (including phenoxy) is 3. The van der Waals surface area contributed by atoms with Crippen LogP contribution in [0.4, 0.5) is 0 Å². The van der Waals surface area contributed by atoms with E-state index in [0.717, 1.165) is 63.7 Å². The monoisotopic (exact) mass is 315 g/mol. The molecule has 0 aromatic rings. The van der Waals surface area contributed by atoms with Crippen LogP contribution in [-0.4, -0.2) is 62.2 Å². The molecule has 4 nitrogen and oxygen atoms in total. The molecule has 3 aliphatic heterocycles. The predicted octanol–water partition coefficient (Wildman–Crippen LogP) is 2.07. The second-order valence-electron chi connectivity index (χ2n) is 6.55. The van der Waals surface area contributed by atoms with Crippen molar-refractivity contribution in [2.75, 3.05) is 44.5 Å². The van der Waals surface area contributed by atoms with Crippen molar-refractivity contribution in [2.24, 2.45) is 5.92 Å². The van der Waals surface area contributed by atoms with E-state index < -0.39 is 0 Å². The van der Waals surface area contributed by atoms with Gasteiger partial charge >= 0.3 is 0 Å². The van der Waals surface area contributed by atoms with Crippen LogP contribution in [0.15, 0.2) is 0 Å². The quantitative estimate of drug-likeness (QED) is 0.841. The molecule has 0 aliphatic carbocycles. The van der Waals surface area contributed by atoms with Crippen molar-refractivity contribution in [3.05, 3.63) is 0 Å². The fourth-order valence-corrected chi connectivity index (χ4v) is 4.78. The maximum Gasteiger partial charge on any atom is 0.0939 e. The van der Waals surface area contributed by atoms with Crippen molar-refractivity contribution in [2.45, 2.75) is 50.4 Å². The van der Waals surface area contributed by atoms with Crippen molar-refractivity contribution < 1.29 is 14.2 Å². The lowest BCUT2D eigenvalue weighted by Gasteiger charge is -2.43. The highest BCUT2D eigenvalue weighted by Gasteiger charge is 2.44. The fourth-order valence-electron chi connectivity index (χ4n) is 3.86. The molecular weight excluding hydrogens is 286 g/mol. The smallest absolute Gasteiger partial charge is 0.0939 e. The number of thioether (sulfide) groups is 1. The zero-order valence-electron chi connectivity index (χ0n) is 13.1. The maximum atomic E-state index is 6.10. The van der Waals surface area contributed by atoms with Crippen LogP contribution in [-0.2, 0) is 14.2 Å². The van der Waals surface area contributed by atoms with E-state index >= 15 is 0 Å². The van der Waals surface area contributed by atoms with Gasteiger partial charge in [0, 0.05) is 37.2 Å². The Hall–Kier alpha value is 0.190. The van der Waals surface area contributed by atoms with Gasteiger partial charge in [0.25, 0.3) is 0 Å². The second-order valence-corrected chi connectivity index (χ2v) is 7.70. The van der Waals surface area contributed by atoms with E-state index in [1.165, 1.54) is 6.42 Å². The molecule has 3 aliphatic rings. The first-order valence-electron chi connectivity index (χ1n) is 8.47. The van der Waals surface area contributed by atoms with Crippen LogP contribution >= 0.6 is 11.8 Å². The summed E-state index contributed by atoms with van der Waals surface area (Å²) in [6, 6.07) is 0.471. The van der Waals surface area contributed by atoms with Crippen LogP contribution in [0.1, 0.15) is 32.6 Å². The maximum absolute atomic E-state index is 6.10. The van der Waals surface area contributed by atoms with Crippen molar-refractivity contribution in [1.29, 1.82) is 0 Å². The minimum Gasteiger partial charge on any atom is -0.378 e. The van der Waals surface area contributed by atoms with E-state index in [9.17, 15) is 0 Å². The van der Waals surface area contributed by atoms with E-state index in [4.69, 9.17) is 14.2 Å². The first-order valence-corrected chi connectivity index (χ1v) is 9.63. The first kappa shape index (κ1) is 16.1. The predicted molar refractivity (Wildman–Crippen MR) is 86.0 cm³/mol. The van der Waals surface area contributed by atoms with Gasteiger partial charge in [0.05, 0.1) is 24.9 Å². The standard InChI is InChI=1S/C16H29NO3S/c1-2-5-17-15(14-11-21-9-8-19-14)13-3-6-20-16(10-13)4-7-18-12-16/h13-15,17H,2-12H2,1H3. The topological polar surface area (TPSA) is 39.7 Å². The Bertz CT molecular complexity index is 317.